The van der Waals surface area contributed by atoms with Crippen LogP contribution in [0.4, 0.5) is 0 Å². The lowest BCUT2D eigenvalue weighted by Gasteiger charge is -2.38. The van der Waals surface area contributed by atoms with E-state index in [-0.39, 0.29) is 18.6 Å². The molecule has 2 heterocycles. The first-order valence-electron chi connectivity index (χ1n) is 9.97. The number of rotatable bonds is 4. The standard InChI is InChI=1S/C23H26N2O4/c1-16-3-6-18(7-4-16)21(26)25-11-9-23(2,10-12-25)22(27)24-14-17-5-8-19-20(13-17)29-15-28-19/h3-8,13H,9-12,14-15H2,1-2H3,(H,24,27). The summed E-state index contributed by atoms with van der Waals surface area (Å²) in [6.07, 6.45) is 1.30. The number of ether oxygens (including phenoxy) is 2. The molecule has 0 spiro atoms. The van der Waals surface area contributed by atoms with Crippen molar-refractivity contribution in [2.45, 2.75) is 33.2 Å². The molecule has 0 atom stereocenters. The van der Waals surface area contributed by atoms with Crippen molar-refractivity contribution in [1.82, 2.24) is 10.2 Å². The number of aryl methyl sites for hydroxylation is 1. The fourth-order valence-electron chi connectivity index (χ4n) is 3.76. The Bertz CT molecular complexity index is 915. The highest BCUT2D eigenvalue weighted by Gasteiger charge is 2.38. The summed E-state index contributed by atoms with van der Waals surface area (Å²) in [6, 6.07) is 13.3. The van der Waals surface area contributed by atoms with Gasteiger partial charge in [0.1, 0.15) is 0 Å². The third-order valence-corrected chi connectivity index (χ3v) is 5.89. The van der Waals surface area contributed by atoms with Crippen LogP contribution in [0.3, 0.4) is 0 Å². The smallest absolute Gasteiger partial charge is 0.253 e. The van der Waals surface area contributed by atoms with Gasteiger partial charge in [0.2, 0.25) is 12.7 Å². The van der Waals surface area contributed by atoms with Crippen LogP contribution in [0.15, 0.2) is 42.5 Å². The zero-order valence-electron chi connectivity index (χ0n) is 16.9. The SMILES string of the molecule is Cc1ccc(C(=O)N2CCC(C)(C(=O)NCc3ccc4c(c3)OCO4)CC2)cc1. The molecule has 0 aliphatic carbocycles. The molecule has 2 aliphatic heterocycles. The van der Waals surface area contributed by atoms with E-state index in [1.165, 1.54) is 0 Å². The maximum Gasteiger partial charge on any atom is 0.253 e. The first-order chi connectivity index (χ1) is 13.9. The van der Waals surface area contributed by atoms with E-state index in [2.05, 4.69) is 5.32 Å². The van der Waals surface area contributed by atoms with Gasteiger partial charge in [0, 0.05) is 30.6 Å². The van der Waals surface area contributed by atoms with E-state index in [1.807, 2.05) is 61.2 Å². The van der Waals surface area contributed by atoms with Crippen LogP contribution in [0.1, 0.15) is 41.3 Å². The molecule has 0 radical (unpaired) electrons. The molecular formula is C23H26N2O4. The fraction of sp³-hybridized carbons (Fsp3) is 0.391. The van der Waals surface area contributed by atoms with Gasteiger partial charge in [0.05, 0.1) is 0 Å². The molecule has 1 N–H and O–H groups in total. The molecule has 2 aromatic rings. The van der Waals surface area contributed by atoms with Gasteiger partial charge < -0.3 is 19.7 Å². The van der Waals surface area contributed by atoms with E-state index in [4.69, 9.17) is 9.47 Å². The summed E-state index contributed by atoms with van der Waals surface area (Å²) in [6.45, 7) is 5.83. The maximum atomic E-state index is 12.8. The summed E-state index contributed by atoms with van der Waals surface area (Å²) in [4.78, 5) is 27.4. The Morgan fingerprint density at radius 3 is 2.45 bits per heavy atom. The van der Waals surface area contributed by atoms with E-state index in [9.17, 15) is 9.59 Å². The van der Waals surface area contributed by atoms with Crippen LogP contribution < -0.4 is 14.8 Å². The second-order valence-corrected chi connectivity index (χ2v) is 8.09. The lowest BCUT2D eigenvalue weighted by atomic mass is 9.79. The molecule has 2 aliphatic rings. The third-order valence-electron chi connectivity index (χ3n) is 5.89. The Balaban J connectivity index is 1.32. The molecule has 0 bridgehead atoms. The summed E-state index contributed by atoms with van der Waals surface area (Å²) >= 11 is 0. The van der Waals surface area contributed by atoms with Gasteiger partial charge in [0.25, 0.3) is 5.91 Å². The van der Waals surface area contributed by atoms with Gasteiger partial charge in [-0.1, -0.05) is 30.7 Å². The highest BCUT2D eigenvalue weighted by Crippen LogP contribution is 2.34. The highest BCUT2D eigenvalue weighted by molar-refractivity contribution is 5.94. The largest absolute Gasteiger partial charge is 0.454 e. The van der Waals surface area contributed by atoms with Crippen molar-refractivity contribution in [3.8, 4) is 11.5 Å². The average molecular weight is 394 g/mol. The number of nitrogens with zero attached hydrogens (tertiary/aromatic N) is 1. The monoisotopic (exact) mass is 394 g/mol. The van der Waals surface area contributed by atoms with Crippen molar-refractivity contribution in [3.63, 3.8) is 0 Å². The molecule has 152 valence electrons. The average Bonchev–Trinajstić information content (AvgIpc) is 3.20. The summed E-state index contributed by atoms with van der Waals surface area (Å²) < 4.78 is 10.7. The third kappa shape index (κ3) is 4.06. The Kier molecular flexibility index (Phi) is 5.18. The zero-order chi connectivity index (χ0) is 20.4. The number of hydrogen-bond acceptors (Lipinski definition) is 4. The van der Waals surface area contributed by atoms with E-state index < -0.39 is 5.41 Å². The van der Waals surface area contributed by atoms with Gasteiger partial charge >= 0.3 is 0 Å². The Morgan fingerprint density at radius 2 is 1.72 bits per heavy atom. The van der Waals surface area contributed by atoms with E-state index in [0.717, 1.165) is 16.9 Å². The number of carbonyl (C=O) groups is 2. The predicted molar refractivity (Wildman–Crippen MR) is 109 cm³/mol. The summed E-state index contributed by atoms with van der Waals surface area (Å²) in [7, 11) is 0. The fourth-order valence-corrected chi connectivity index (χ4v) is 3.76. The number of fused-ring (bicyclic) bond motifs is 1. The Hall–Kier alpha value is -3.02. The number of carbonyl (C=O) groups excluding carboxylic acids is 2. The first-order valence-corrected chi connectivity index (χ1v) is 9.97. The van der Waals surface area contributed by atoms with Crippen LogP contribution in [-0.2, 0) is 11.3 Å². The zero-order valence-corrected chi connectivity index (χ0v) is 16.9. The minimum atomic E-state index is -0.472. The van der Waals surface area contributed by atoms with Gasteiger partial charge in [-0.2, -0.15) is 0 Å². The molecule has 6 heteroatoms. The topological polar surface area (TPSA) is 67.9 Å². The number of nitrogens with one attached hydrogen (secondary N) is 1. The Labute approximate surface area is 170 Å². The molecule has 0 unspecified atom stereocenters. The van der Waals surface area contributed by atoms with Crippen molar-refractivity contribution in [3.05, 3.63) is 59.2 Å². The minimum absolute atomic E-state index is 0.0256. The second-order valence-electron chi connectivity index (χ2n) is 8.09. The number of hydrogen-bond donors (Lipinski definition) is 1. The quantitative estimate of drug-likeness (QED) is 0.864. The second kappa shape index (κ2) is 7.78. The molecule has 1 saturated heterocycles. The molecule has 29 heavy (non-hydrogen) atoms. The first kappa shape index (κ1) is 19.3. The van der Waals surface area contributed by atoms with Crippen molar-refractivity contribution in [2.75, 3.05) is 19.9 Å². The van der Waals surface area contributed by atoms with Gasteiger partial charge in [0.15, 0.2) is 11.5 Å². The number of piperidine rings is 1. The van der Waals surface area contributed by atoms with E-state index in [1.54, 1.807) is 0 Å². The molecule has 4 rings (SSSR count). The minimum Gasteiger partial charge on any atom is -0.454 e. The van der Waals surface area contributed by atoms with Crippen LogP contribution in [0.2, 0.25) is 0 Å². The van der Waals surface area contributed by atoms with Crippen molar-refractivity contribution < 1.29 is 19.1 Å². The normalized spacial score (nSPS) is 17.1. The summed E-state index contributed by atoms with van der Waals surface area (Å²) in [5.41, 5.74) is 2.33. The number of amides is 2. The van der Waals surface area contributed by atoms with Crippen molar-refractivity contribution in [1.29, 1.82) is 0 Å². The number of likely N-dealkylation sites (tertiary alicyclic amines) is 1. The van der Waals surface area contributed by atoms with Crippen molar-refractivity contribution >= 4 is 11.8 Å². The summed E-state index contributed by atoms with van der Waals surface area (Å²) in [5, 5.41) is 3.04. The molecule has 2 amide bonds. The summed E-state index contributed by atoms with van der Waals surface area (Å²) in [5.74, 6) is 1.51. The molecule has 2 aromatic carbocycles. The highest BCUT2D eigenvalue weighted by atomic mass is 16.7. The lowest BCUT2D eigenvalue weighted by molar-refractivity contribution is -0.132. The van der Waals surface area contributed by atoms with Crippen molar-refractivity contribution in [2.24, 2.45) is 5.41 Å². The van der Waals surface area contributed by atoms with Gasteiger partial charge in [-0.15, -0.1) is 0 Å². The van der Waals surface area contributed by atoms with E-state index in [0.29, 0.717) is 43.8 Å². The molecular weight excluding hydrogens is 368 g/mol. The van der Waals surface area contributed by atoms with Crippen LogP contribution in [-0.4, -0.2) is 36.6 Å². The molecule has 0 saturated carbocycles. The van der Waals surface area contributed by atoms with Crippen LogP contribution >= 0.6 is 0 Å². The van der Waals surface area contributed by atoms with Crippen LogP contribution in [0.5, 0.6) is 11.5 Å². The maximum absolute atomic E-state index is 12.8. The van der Waals surface area contributed by atoms with Crippen LogP contribution in [0.25, 0.3) is 0 Å². The molecule has 1 fully saturated rings. The lowest BCUT2D eigenvalue weighted by Crippen LogP contribution is -2.48. The van der Waals surface area contributed by atoms with Gasteiger partial charge in [-0.05, 0) is 49.6 Å². The van der Waals surface area contributed by atoms with E-state index >= 15 is 0 Å². The predicted octanol–water partition coefficient (Wildman–Crippen LogP) is 3.28. The van der Waals surface area contributed by atoms with Gasteiger partial charge in [-0.25, -0.2) is 0 Å². The molecule has 6 nitrogen and oxygen atoms in total. The number of benzene rings is 2. The molecule has 0 aromatic heterocycles. The van der Waals surface area contributed by atoms with Gasteiger partial charge in [-0.3, -0.25) is 9.59 Å². The van der Waals surface area contributed by atoms with Crippen LogP contribution in [0, 0.1) is 12.3 Å². The Morgan fingerprint density at radius 1 is 1.03 bits per heavy atom.